The Labute approximate surface area is 150 Å². The van der Waals surface area contributed by atoms with E-state index in [2.05, 4.69) is 0 Å². The lowest BCUT2D eigenvalue weighted by Crippen LogP contribution is -2.30. The van der Waals surface area contributed by atoms with Crippen LogP contribution in [0.15, 0.2) is 47.4 Å². The van der Waals surface area contributed by atoms with Crippen molar-refractivity contribution in [3.8, 4) is 0 Å². The molecule has 0 unspecified atom stereocenters. The second kappa shape index (κ2) is 6.65. The Morgan fingerprint density at radius 1 is 1.09 bits per heavy atom. The average Bonchev–Trinajstić information content (AvgIpc) is 3.01. The Balaban J connectivity index is 1.97. The van der Waals surface area contributed by atoms with E-state index in [0.717, 1.165) is 16.9 Å². The number of aryl methyl sites for hydroxylation is 1. The first-order valence-electron chi connectivity index (χ1n) is 7.04. The van der Waals surface area contributed by atoms with Crippen LogP contribution in [0, 0.1) is 6.92 Å². The monoisotopic (exact) mass is 387 g/mol. The summed E-state index contributed by atoms with van der Waals surface area (Å²) >= 11 is 13.5. The van der Waals surface area contributed by atoms with Crippen LogP contribution in [-0.4, -0.2) is 25.0 Å². The number of rotatable bonds is 3. The van der Waals surface area contributed by atoms with Gasteiger partial charge in [-0.2, -0.15) is 4.31 Å². The number of thioether (sulfide) groups is 1. The fraction of sp³-hybridized carbons (Fsp3) is 0.250. The smallest absolute Gasteiger partial charge is 0.207 e. The topological polar surface area (TPSA) is 37.4 Å². The average molecular weight is 388 g/mol. The molecule has 3 rings (SSSR count). The third-order valence-electron chi connectivity index (χ3n) is 3.71. The van der Waals surface area contributed by atoms with Crippen molar-refractivity contribution in [1.82, 2.24) is 4.31 Å². The first-order chi connectivity index (χ1) is 10.9. The van der Waals surface area contributed by atoms with E-state index in [9.17, 15) is 8.42 Å². The minimum Gasteiger partial charge on any atom is -0.207 e. The highest BCUT2D eigenvalue weighted by Crippen LogP contribution is 2.41. The largest absolute Gasteiger partial charge is 0.244 e. The van der Waals surface area contributed by atoms with Gasteiger partial charge in [0.15, 0.2) is 0 Å². The van der Waals surface area contributed by atoms with Crippen LogP contribution in [0.1, 0.15) is 16.5 Å². The lowest BCUT2D eigenvalue weighted by molar-refractivity contribution is 0.434. The summed E-state index contributed by atoms with van der Waals surface area (Å²) in [5.41, 5.74) is 2.14. The van der Waals surface area contributed by atoms with E-state index in [4.69, 9.17) is 23.2 Å². The maximum absolute atomic E-state index is 13.0. The van der Waals surface area contributed by atoms with Gasteiger partial charge in [0.25, 0.3) is 0 Å². The fourth-order valence-electron chi connectivity index (χ4n) is 2.47. The quantitative estimate of drug-likeness (QED) is 0.762. The Hall–Kier alpha value is -0.720. The van der Waals surface area contributed by atoms with Gasteiger partial charge in [-0.15, -0.1) is 11.8 Å². The summed E-state index contributed by atoms with van der Waals surface area (Å²) in [5.74, 6) is 0.763. The minimum atomic E-state index is -3.62. The van der Waals surface area contributed by atoms with E-state index >= 15 is 0 Å². The predicted molar refractivity (Wildman–Crippen MR) is 96.7 cm³/mol. The second-order valence-corrected chi connectivity index (χ2v) is 9.22. The number of nitrogens with zero attached hydrogens (tertiary/aromatic N) is 1. The zero-order valence-corrected chi connectivity index (χ0v) is 15.5. The van der Waals surface area contributed by atoms with Gasteiger partial charge in [-0.25, -0.2) is 8.42 Å². The lowest BCUT2D eigenvalue weighted by atomic mass is 10.1. The molecule has 2 aromatic carbocycles. The highest BCUT2D eigenvalue weighted by Gasteiger charge is 2.36. The highest BCUT2D eigenvalue weighted by atomic mass is 35.5. The molecule has 1 aliphatic rings. The third-order valence-corrected chi connectivity index (χ3v) is 7.70. The van der Waals surface area contributed by atoms with Crippen molar-refractivity contribution in [2.75, 3.05) is 12.3 Å². The van der Waals surface area contributed by atoms with E-state index < -0.39 is 10.0 Å². The van der Waals surface area contributed by atoms with Crippen molar-refractivity contribution in [3.63, 3.8) is 0 Å². The van der Waals surface area contributed by atoms with Crippen molar-refractivity contribution < 1.29 is 8.42 Å². The summed E-state index contributed by atoms with van der Waals surface area (Å²) in [6.45, 7) is 2.49. The molecule has 122 valence electrons. The van der Waals surface area contributed by atoms with Crippen LogP contribution in [0.5, 0.6) is 0 Å². The number of sulfonamides is 1. The molecule has 0 saturated carbocycles. The lowest BCUT2D eigenvalue weighted by Gasteiger charge is -2.23. The van der Waals surface area contributed by atoms with Gasteiger partial charge < -0.3 is 0 Å². The van der Waals surface area contributed by atoms with Gasteiger partial charge >= 0.3 is 0 Å². The number of hydrogen-bond donors (Lipinski definition) is 0. The molecule has 1 saturated heterocycles. The van der Waals surface area contributed by atoms with Crippen LogP contribution in [0.2, 0.25) is 10.0 Å². The van der Waals surface area contributed by atoms with Crippen LogP contribution in [0.3, 0.4) is 0 Å². The molecule has 0 N–H and O–H groups in total. The molecule has 7 heteroatoms. The fourth-order valence-corrected chi connectivity index (χ4v) is 6.10. The summed E-state index contributed by atoms with van der Waals surface area (Å²) < 4.78 is 27.4. The van der Waals surface area contributed by atoms with Crippen LogP contribution in [0.25, 0.3) is 0 Å². The molecule has 0 amide bonds. The van der Waals surface area contributed by atoms with Crippen LogP contribution in [-0.2, 0) is 10.0 Å². The first kappa shape index (κ1) is 17.1. The molecule has 1 fully saturated rings. The van der Waals surface area contributed by atoms with Crippen molar-refractivity contribution in [2.45, 2.75) is 17.2 Å². The third kappa shape index (κ3) is 3.39. The molecule has 0 bridgehead atoms. The summed E-state index contributed by atoms with van der Waals surface area (Å²) in [4.78, 5) is 0.173. The van der Waals surface area contributed by atoms with Gasteiger partial charge in [0, 0.05) is 12.3 Å². The summed E-state index contributed by atoms with van der Waals surface area (Å²) in [6.07, 6.45) is 0. The van der Waals surface area contributed by atoms with E-state index in [-0.39, 0.29) is 15.3 Å². The van der Waals surface area contributed by atoms with Gasteiger partial charge in [-0.3, -0.25) is 0 Å². The zero-order chi connectivity index (χ0) is 16.6. The Bertz CT molecular complexity index is 822. The Kier molecular flexibility index (Phi) is 4.95. The number of benzene rings is 2. The standard InChI is InChI=1S/C16H15Cl2NO2S2/c1-11-2-4-12(5-3-11)16-19(8-9-22-16)23(20,21)13-6-7-14(17)15(18)10-13/h2-7,10,16H,8-9H2,1H3/t16-/m0/s1. The van der Waals surface area contributed by atoms with E-state index in [1.807, 2.05) is 31.2 Å². The first-order valence-corrected chi connectivity index (χ1v) is 10.3. The normalized spacial score (nSPS) is 19.2. The van der Waals surface area contributed by atoms with Gasteiger partial charge in [-0.1, -0.05) is 53.0 Å². The SMILES string of the molecule is Cc1ccc([C@@H]2SCCN2S(=O)(=O)c2ccc(Cl)c(Cl)c2)cc1. The second-order valence-electron chi connectivity index (χ2n) is 5.33. The van der Waals surface area contributed by atoms with E-state index in [1.54, 1.807) is 11.8 Å². The van der Waals surface area contributed by atoms with Crippen molar-refractivity contribution in [1.29, 1.82) is 0 Å². The summed E-state index contributed by atoms with van der Waals surface area (Å²) in [5, 5.41) is 0.373. The predicted octanol–water partition coefficient (Wildman–Crippen LogP) is 4.74. The molecule has 0 spiro atoms. The Morgan fingerprint density at radius 3 is 2.43 bits per heavy atom. The van der Waals surface area contributed by atoms with Crippen molar-refractivity contribution in [3.05, 3.63) is 63.6 Å². The van der Waals surface area contributed by atoms with E-state index in [0.29, 0.717) is 11.6 Å². The van der Waals surface area contributed by atoms with Gasteiger partial charge in [0.1, 0.15) is 0 Å². The Morgan fingerprint density at radius 2 is 1.78 bits per heavy atom. The molecule has 3 nitrogen and oxygen atoms in total. The van der Waals surface area contributed by atoms with Gasteiger partial charge in [0.2, 0.25) is 10.0 Å². The number of hydrogen-bond acceptors (Lipinski definition) is 3. The molecular formula is C16H15Cl2NO2S2. The summed E-state index contributed by atoms with van der Waals surface area (Å²) in [6, 6.07) is 12.4. The number of halogens is 2. The molecule has 0 aromatic heterocycles. The van der Waals surface area contributed by atoms with Gasteiger partial charge in [0.05, 0.1) is 20.3 Å². The molecule has 0 radical (unpaired) electrons. The van der Waals surface area contributed by atoms with Gasteiger partial charge in [-0.05, 0) is 30.7 Å². The highest BCUT2D eigenvalue weighted by molar-refractivity contribution is 8.01. The maximum atomic E-state index is 13.0. The van der Waals surface area contributed by atoms with Crippen molar-refractivity contribution >= 4 is 45.0 Å². The van der Waals surface area contributed by atoms with Crippen LogP contribution >= 0.6 is 35.0 Å². The molecule has 23 heavy (non-hydrogen) atoms. The molecule has 1 atom stereocenters. The van der Waals surface area contributed by atoms with Crippen LogP contribution in [0.4, 0.5) is 0 Å². The molecule has 1 aliphatic heterocycles. The van der Waals surface area contributed by atoms with Crippen LogP contribution < -0.4 is 0 Å². The molecular weight excluding hydrogens is 373 g/mol. The van der Waals surface area contributed by atoms with Crippen molar-refractivity contribution in [2.24, 2.45) is 0 Å². The summed E-state index contributed by atoms with van der Waals surface area (Å²) in [7, 11) is -3.62. The molecule has 0 aliphatic carbocycles. The molecule has 1 heterocycles. The zero-order valence-electron chi connectivity index (χ0n) is 12.4. The maximum Gasteiger partial charge on any atom is 0.244 e. The minimum absolute atomic E-state index is 0.173. The molecule has 2 aromatic rings. The van der Waals surface area contributed by atoms with E-state index in [1.165, 1.54) is 22.5 Å².